The SMILES string of the molecule is CC(=O)N1CCC2(CC1)CN1C(=O)CN(S(=O)(=O)c3cc4cc(N)ccc4[nH]3)C[C@]1(CO)O2. The highest BCUT2D eigenvalue weighted by Gasteiger charge is 2.60. The Morgan fingerprint density at radius 3 is 2.64 bits per heavy atom. The van der Waals surface area contributed by atoms with E-state index < -0.39 is 33.9 Å². The van der Waals surface area contributed by atoms with Crippen molar-refractivity contribution < 1.29 is 27.9 Å². The van der Waals surface area contributed by atoms with Gasteiger partial charge in [-0.3, -0.25) is 9.59 Å². The van der Waals surface area contributed by atoms with Crippen LogP contribution in [0.4, 0.5) is 5.69 Å². The van der Waals surface area contributed by atoms with E-state index in [1.807, 2.05) is 0 Å². The number of carbonyl (C=O) groups excluding carboxylic acids is 2. The van der Waals surface area contributed by atoms with Gasteiger partial charge in [0.05, 0.1) is 31.8 Å². The summed E-state index contributed by atoms with van der Waals surface area (Å²) in [7, 11) is -4.07. The average molecular weight is 478 g/mol. The molecule has 2 aromatic rings. The summed E-state index contributed by atoms with van der Waals surface area (Å²) >= 11 is 0. The van der Waals surface area contributed by atoms with Crippen LogP contribution in [0.5, 0.6) is 0 Å². The summed E-state index contributed by atoms with van der Waals surface area (Å²) in [6.07, 6.45) is 1.02. The number of hydrogen-bond acceptors (Lipinski definition) is 7. The van der Waals surface area contributed by atoms with Gasteiger partial charge in [-0.1, -0.05) is 0 Å². The van der Waals surface area contributed by atoms with Crippen LogP contribution in [0.15, 0.2) is 29.3 Å². The maximum Gasteiger partial charge on any atom is 0.259 e. The number of ether oxygens (including phenoxy) is 1. The van der Waals surface area contributed by atoms with Crippen LogP contribution in [0.3, 0.4) is 0 Å². The quantitative estimate of drug-likeness (QED) is 0.513. The average Bonchev–Trinajstić information content (AvgIpc) is 3.34. The summed E-state index contributed by atoms with van der Waals surface area (Å²) in [6.45, 7) is 1.67. The Morgan fingerprint density at radius 2 is 1.97 bits per heavy atom. The van der Waals surface area contributed by atoms with Gasteiger partial charge < -0.3 is 30.4 Å². The Hall–Kier alpha value is -2.67. The summed E-state index contributed by atoms with van der Waals surface area (Å²) in [6, 6.07) is 6.51. The van der Waals surface area contributed by atoms with Gasteiger partial charge in [0.1, 0.15) is 5.03 Å². The number of amides is 2. The molecule has 0 aliphatic carbocycles. The number of nitrogens with one attached hydrogen (secondary N) is 1. The minimum atomic E-state index is -4.07. The lowest BCUT2D eigenvalue weighted by molar-refractivity contribution is -0.194. The number of nitrogens with two attached hydrogens (primary N) is 1. The van der Waals surface area contributed by atoms with Gasteiger partial charge in [0, 0.05) is 36.6 Å². The van der Waals surface area contributed by atoms with Gasteiger partial charge in [-0.2, -0.15) is 4.31 Å². The first-order valence-electron chi connectivity index (χ1n) is 10.8. The number of aliphatic hydroxyl groups excluding tert-OH is 1. The van der Waals surface area contributed by atoms with Crippen molar-refractivity contribution in [3.8, 4) is 0 Å². The number of carbonyl (C=O) groups is 2. The maximum absolute atomic E-state index is 13.4. The molecule has 3 aliphatic rings. The molecule has 1 aromatic heterocycles. The second kappa shape index (κ2) is 7.42. The standard InChI is InChI=1S/C21H27N5O6S/c1-14(28)24-6-4-20(5-7-24)11-26-19(29)10-25(12-21(26,13-27)32-20)33(30,31)18-9-15-8-16(22)2-3-17(15)23-18/h2-3,8-9,23,27H,4-7,10-13,22H2,1H3/t21-/m1/s1. The fourth-order valence-corrected chi connectivity index (χ4v) is 6.60. The second-order valence-electron chi connectivity index (χ2n) is 9.13. The Balaban J connectivity index is 1.43. The smallest absolute Gasteiger partial charge is 0.259 e. The minimum Gasteiger partial charge on any atom is -0.399 e. The molecule has 12 heteroatoms. The highest BCUT2D eigenvalue weighted by molar-refractivity contribution is 7.89. The van der Waals surface area contributed by atoms with Crippen LogP contribution in [0, 0.1) is 0 Å². The van der Waals surface area contributed by atoms with Crippen molar-refractivity contribution in [1.82, 2.24) is 19.1 Å². The Kier molecular flexibility index (Phi) is 4.98. The molecule has 1 atom stereocenters. The van der Waals surface area contributed by atoms with Gasteiger partial charge in [-0.15, -0.1) is 0 Å². The zero-order chi connectivity index (χ0) is 23.6. The number of sulfonamides is 1. The monoisotopic (exact) mass is 477 g/mol. The number of rotatable bonds is 3. The Bertz CT molecular complexity index is 1230. The maximum atomic E-state index is 13.4. The molecule has 1 aromatic carbocycles. The topological polar surface area (TPSA) is 149 Å². The van der Waals surface area contributed by atoms with E-state index in [9.17, 15) is 23.1 Å². The third-order valence-electron chi connectivity index (χ3n) is 6.99. The summed E-state index contributed by atoms with van der Waals surface area (Å²) in [5.74, 6) is -0.448. The third-order valence-corrected chi connectivity index (χ3v) is 8.70. The molecule has 3 aliphatic heterocycles. The normalized spacial score (nSPS) is 25.7. The molecule has 11 nitrogen and oxygen atoms in total. The zero-order valence-electron chi connectivity index (χ0n) is 18.3. The van der Waals surface area contributed by atoms with E-state index in [1.54, 1.807) is 23.1 Å². The zero-order valence-corrected chi connectivity index (χ0v) is 19.1. The Labute approximate surface area is 191 Å². The molecule has 2 amide bonds. The number of aromatic nitrogens is 1. The number of fused-ring (bicyclic) bond motifs is 2. The van der Waals surface area contributed by atoms with Crippen molar-refractivity contribution in [1.29, 1.82) is 0 Å². The van der Waals surface area contributed by atoms with E-state index in [0.717, 1.165) is 4.31 Å². The molecule has 33 heavy (non-hydrogen) atoms. The number of aromatic amines is 1. The van der Waals surface area contributed by atoms with Crippen LogP contribution < -0.4 is 5.73 Å². The molecular formula is C21H27N5O6S. The molecule has 0 saturated carbocycles. The predicted octanol–water partition coefficient (Wildman–Crippen LogP) is -0.317. The molecule has 178 valence electrons. The molecule has 3 fully saturated rings. The van der Waals surface area contributed by atoms with Gasteiger partial charge in [0.15, 0.2) is 5.72 Å². The molecule has 5 rings (SSSR count). The molecule has 4 N–H and O–H groups in total. The van der Waals surface area contributed by atoms with Crippen molar-refractivity contribution in [3.63, 3.8) is 0 Å². The van der Waals surface area contributed by atoms with Gasteiger partial charge in [0.2, 0.25) is 11.8 Å². The fraction of sp³-hybridized carbons (Fsp3) is 0.524. The molecule has 3 saturated heterocycles. The lowest BCUT2D eigenvalue weighted by Crippen LogP contribution is -2.65. The van der Waals surface area contributed by atoms with Crippen LogP contribution >= 0.6 is 0 Å². The number of piperazine rings is 1. The first-order valence-corrected chi connectivity index (χ1v) is 12.3. The number of H-pyrrole nitrogens is 1. The van der Waals surface area contributed by atoms with Crippen LogP contribution in [0.1, 0.15) is 19.8 Å². The van der Waals surface area contributed by atoms with E-state index in [4.69, 9.17) is 10.5 Å². The summed E-state index contributed by atoms with van der Waals surface area (Å²) < 4.78 is 34.3. The van der Waals surface area contributed by atoms with E-state index in [0.29, 0.717) is 42.5 Å². The van der Waals surface area contributed by atoms with Gasteiger partial charge in [-0.05, 0) is 37.1 Å². The lowest BCUT2D eigenvalue weighted by atomic mass is 9.91. The number of piperidine rings is 1. The molecule has 0 bridgehead atoms. The van der Waals surface area contributed by atoms with Crippen molar-refractivity contribution in [2.24, 2.45) is 0 Å². The number of hydrogen-bond donors (Lipinski definition) is 3. The number of nitrogens with zero attached hydrogens (tertiary/aromatic N) is 3. The van der Waals surface area contributed by atoms with Crippen molar-refractivity contribution >= 4 is 38.4 Å². The second-order valence-corrected chi connectivity index (χ2v) is 11.0. The molecule has 0 radical (unpaired) electrons. The highest BCUT2D eigenvalue weighted by atomic mass is 32.2. The van der Waals surface area contributed by atoms with E-state index >= 15 is 0 Å². The predicted molar refractivity (Wildman–Crippen MR) is 118 cm³/mol. The molecule has 1 spiro atoms. The van der Waals surface area contributed by atoms with E-state index in [1.165, 1.54) is 17.9 Å². The molecular weight excluding hydrogens is 450 g/mol. The number of anilines is 1. The van der Waals surface area contributed by atoms with E-state index in [-0.39, 0.29) is 30.6 Å². The lowest BCUT2D eigenvalue weighted by Gasteiger charge is -2.43. The van der Waals surface area contributed by atoms with Gasteiger partial charge in [-0.25, -0.2) is 8.42 Å². The van der Waals surface area contributed by atoms with Gasteiger partial charge in [0.25, 0.3) is 10.0 Å². The fourth-order valence-electron chi connectivity index (χ4n) is 5.15. The summed E-state index contributed by atoms with van der Waals surface area (Å²) in [5, 5.41) is 10.9. The van der Waals surface area contributed by atoms with Crippen LogP contribution in [-0.2, 0) is 24.3 Å². The Morgan fingerprint density at radius 1 is 1.24 bits per heavy atom. The first-order chi connectivity index (χ1) is 15.6. The van der Waals surface area contributed by atoms with Crippen molar-refractivity contribution in [3.05, 3.63) is 24.3 Å². The van der Waals surface area contributed by atoms with Crippen molar-refractivity contribution in [2.75, 3.05) is 45.1 Å². The number of aliphatic hydroxyl groups is 1. The van der Waals surface area contributed by atoms with Gasteiger partial charge >= 0.3 is 0 Å². The molecule has 0 unspecified atom stereocenters. The van der Waals surface area contributed by atoms with Crippen LogP contribution in [0.2, 0.25) is 0 Å². The van der Waals surface area contributed by atoms with Crippen molar-refractivity contribution in [2.45, 2.75) is 36.1 Å². The van der Waals surface area contributed by atoms with E-state index in [2.05, 4.69) is 4.98 Å². The largest absolute Gasteiger partial charge is 0.399 e. The minimum absolute atomic E-state index is 0.0223. The van der Waals surface area contributed by atoms with Crippen LogP contribution in [-0.4, -0.2) is 95.1 Å². The van der Waals surface area contributed by atoms with Crippen LogP contribution in [0.25, 0.3) is 10.9 Å². The highest BCUT2D eigenvalue weighted by Crippen LogP contribution is 2.43. The number of benzene rings is 1. The summed E-state index contributed by atoms with van der Waals surface area (Å²) in [5.41, 5.74) is 4.74. The number of nitrogen functional groups attached to an aromatic ring is 1. The number of likely N-dealkylation sites (tertiary alicyclic amines) is 1. The third kappa shape index (κ3) is 3.48. The summed E-state index contributed by atoms with van der Waals surface area (Å²) in [4.78, 5) is 30.8. The molecule has 4 heterocycles. The first kappa shape index (κ1) is 22.1.